The molecule has 0 aliphatic heterocycles. The molecule has 0 saturated carbocycles. The Kier molecular flexibility index (Phi) is 5.24. The van der Waals surface area contributed by atoms with Gasteiger partial charge in [0.25, 0.3) is 0 Å². The van der Waals surface area contributed by atoms with Crippen LogP contribution in [0.25, 0.3) is 0 Å². The minimum absolute atomic E-state index is 0.0447. The van der Waals surface area contributed by atoms with Crippen LogP contribution in [0.5, 0.6) is 0 Å². The summed E-state index contributed by atoms with van der Waals surface area (Å²) in [6.07, 6.45) is 1.96. The van der Waals surface area contributed by atoms with Crippen molar-refractivity contribution in [3.8, 4) is 0 Å². The van der Waals surface area contributed by atoms with Crippen LogP contribution in [0.15, 0.2) is 36.5 Å². The Hall–Kier alpha value is -2.96. The topological polar surface area (TPSA) is 94.4 Å². The number of pyridine rings is 1. The second-order valence-electron chi connectivity index (χ2n) is 5.00. The molecule has 0 spiro atoms. The maximum Gasteiger partial charge on any atom is 0.339 e. The third kappa shape index (κ3) is 4.26. The number of esters is 1. The highest BCUT2D eigenvalue weighted by Gasteiger charge is 2.19. The highest BCUT2D eigenvalue weighted by Crippen LogP contribution is 2.23. The van der Waals surface area contributed by atoms with E-state index in [4.69, 9.17) is 0 Å². The first kappa shape index (κ1) is 16.4. The van der Waals surface area contributed by atoms with Gasteiger partial charge < -0.3 is 10.1 Å². The van der Waals surface area contributed by atoms with Crippen molar-refractivity contribution >= 4 is 17.5 Å². The van der Waals surface area contributed by atoms with Crippen LogP contribution in [0.4, 0.5) is 11.5 Å². The number of methoxy groups -OCH3 is 1. The standard InChI is InChI=1S/C16H17N3O4/c1-11-3-5-12(6-4-11)7-8-17-15-14(19(21)22)9-13(10-18-15)16(20)23-2/h3-6,9-10H,7-8H2,1-2H3,(H,17,18). The summed E-state index contributed by atoms with van der Waals surface area (Å²) < 4.78 is 4.54. The summed E-state index contributed by atoms with van der Waals surface area (Å²) in [4.78, 5) is 25.9. The monoisotopic (exact) mass is 315 g/mol. The maximum absolute atomic E-state index is 11.4. The van der Waals surface area contributed by atoms with Gasteiger partial charge in [0.1, 0.15) is 0 Å². The predicted octanol–water partition coefficient (Wildman–Crippen LogP) is 2.74. The molecule has 1 heterocycles. The molecule has 0 amide bonds. The number of rotatable bonds is 6. The Morgan fingerprint density at radius 1 is 1.35 bits per heavy atom. The largest absolute Gasteiger partial charge is 0.465 e. The molecule has 1 aromatic heterocycles. The van der Waals surface area contributed by atoms with Crippen LogP contribution in [0.2, 0.25) is 0 Å². The minimum Gasteiger partial charge on any atom is -0.465 e. The van der Waals surface area contributed by atoms with Crippen LogP contribution in [-0.2, 0) is 11.2 Å². The number of carbonyl (C=O) groups is 1. The number of carbonyl (C=O) groups excluding carboxylic acids is 1. The van der Waals surface area contributed by atoms with E-state index in [0.717, 1.165) is 11.6 Å². The van der Waals surface area contributed by atoms with Crippen LogP contribution in [-0.4, -0.2) is 29.5 Å². The molecule has 0 saturated heterocycles. The van der Waals surface area contributed by atoms with Gasteiger partial charge in [0.2, 0.25) is 5.82 Å². The van der Waals surface area contributed by atoms with Crippen molar-refractivity contribution in [3.63, 3.8) is 0 Å². The van der Waals surface area contributed by atoms with Gasteiger partial charge in [-0.25, -0.2) is 9.78 Å². The van der Waals surface area contributed by atoms with Crippen molar-refractivity contribution < 1.29 is 14.5 Å². The fourth-order valence-corrected chi connectivity index (χ4v) is 2.04. The van der Waals surface area contributed by atoms with E-state index in [9.17, 15) is 14.9 Å². The van der Waals surface area contributed by atoms with Gasteiger partial charge in [-0.2, -0.15) is 0 Å². The smallest absolute Gasteiger partial charge is 0.339 e. The Bertz CT molecular complexity index is 714. The number of aryl methyl sites for hydroxylation is 1. The fourth-order valence-electron chi connectivity index (χ4n) is 2.04. The number of nitrogens with zero attached hydrogens (tertiary/aromatic N) is 2. The van der Waals surface area contributed by atoms with Crippen LogP contribution in [0, 0.1) is 17.0 Å². The van der Waals surface area contributed by atoms with E-state index < -0.39 is 10.9 Å². The van der Waals surface area contributed by atoms with Crippen LogP contribution >= 0.6 is 0 Å². The molecule has 23 heavy (non-hydrogen) atoms. The highest BCUT2D eigenvalue weighted by atomic mass is 16.6. The third-order valence-corrected chi connectivity index (χ3v) is 3.31. The Morgan fingerprint density at radius 2 is 2.04 bits per heavy atom. The van der Waals surface area contributed by atoms with E-state index in [1.165, 1.54) is 18.9 Å². The number of hydrogen-bond donors (Lipinski definition) is 1. The summed E-state index contributed by atoms with van der Waals surface area (Å²) in [6.45, 7) is 2.51. The summed E-state index contributed by atoms with van der Waals surface area (Å²) in [5, 5.41) is 14.1. The molecular weight excluding hydrogens is 298 g/mol. The Balaban J connectivity index is 2.08. The molecule has 0 bridgehead atoms. The molecule has 0 aliphatic carbocycles. The van der Waals surface area contributed by atoms with Gasteiger partial charge in [-0.1, -0.05) is 29.8 Å². The zero-order valence-corrected chi connectivity index (χ0v) is 12.9. The van der Waals surface area contributed by atoms with Gasteiger partial charge in [0, 0.05) is 18.8 Å². The molecular formula is C16H17N3O4. The third-order valence-electron chi connectivity index (χ3n) is 3.31. The molecule has 0 radical (unpaired) electrons. The number of anilines is 1. The molecule has 7 heteroatoms. The normalized spacial score (nSPS) is 10.2. The zero-order chi connectivity index (χ0) is 16.8. The Labute approximate surface area is 133 Å². The number of aromatic nitrogens is 1. The summed E-state index contributed by atoms with van der Waals surface area (Å²) in [7, 11) is 1.21. The van der Waals surface area contributed by atoms with Crippen molar-refractivity contribution in [2.75, 3.05) is 19.0 Å². The van der Waals surface area contributed by atoms with Gasteiger partial charge in [0.05, 0.1) is 17.6 Å². The van der Waals surface area contributed by atoms with Crippen molar-refractivity contribution in [1.29, 1.82) is 0 Å². The number of hydrogen-bond acceptors (Lipinski definition) is 6. The van der Waals surface area contributed by atoms with E-state index in [1.54, 1.807) is 0 Å². The fraction of sp³-hybridized carbons (Fsp3) is 0.250. The molecule has 7 nitrogen and oxygen atoms in total. The second-order valence-corrected chi connectivity index (χ2v) is 5.00. The molecule has 1 aromatic carbocycles. The number of nitro groups is 1. The lowest BCUT2D eigenvalue weighted by Gasteiger charge is -2.07. The molecule has 0 atom stereocenters. The van der Waals surface area contributed by atoms with Crippen LogP contribution < -0.4 is 5.32 Å². The van der Waals surface area contributed by atoms with Crippen molar-refractivity contribution in [1.82, 2.24) is 4.98 Å². The average Bonchev–Trinajstić information content (AvgIpc) is 2.56. The number of ether oxygens (including phenoxy) is 1. The molecule has 0 unspecified atom stereocenters. The second kappa shape index (κ2) is 7.35. The lowest BCUT2D eigenvalue weighted by Crippen LogP contribution is -2.10. The lowest BCUT2D eigenvalue weighted by molar-refractivity contribution is -0.384. The van der Waals surface area contributed by atoms with Crippen LogP contribution in [0.1, 0.15) is 21.5 Å². The zero-order valence-electron chi connectivity index (χ0n) is 12.9. The molecule has 0 aliphatic rings. The van der Waals surface area contributed by atoms with Gasteiger partial charge in [-0.3, -0.25) is 10.1 Å². The molecule has 2 aromatic rings. The summed E-state index contributed by atoms with van der Waals surface area (Å²) >= 11 is 0. The first-order chi connectivity index (χ1) is 11.0. The van der Waals surface area contributed by atoms with Gasteiger partial charge >= 0.3 is 11.7 Å². The maximum atomic E-state index is 11.4. The first-order valence-corrected chi connectivity index (χ1v) is 7.03. The van der Waals surface area contributed by atoms with Gasteiger partial charge in [-0.05, 0) is 18.9 Å². The van der Waals surface area contributed by atoms with E-state index in [2.05, 4.69) is 15.0 Å². The summed E-state index contributed by atoms with van der Waals surface area (Å²) in [5.41, 5.74) is 2.09. The summed E-state index contributed by atoms with van der Waals surface area (Å²) in [5.74, 6) is -0.526. The van der Waals surface area contributed by atoms with Crippen molar-refractivity contribution in [2.45, 2.75) is 13.3 Å². The van der Waals surface area contributed by atoms with Crippen molar-refractivity contribution in [2.24, 2.45) is 0 Å². The molecule has 1 N–H and O–H groups in total. The van der Waals surface area contributed by atoms with E-state index >= 15 is 0 Å². The Morgan fingerprint density at radius 3 is 2.65 bits per heavy atom. The van der Waals surface area contributed by atoms with E-state index in [0.29, 0.717) is 13.0 Å². The van der Waals surface area contributed by atoms with Crippen LogP contribution in [0.3, 0.4) is 0 Å². The van der Waals surface area contributed by atoms with Gasteiger partial charge in [-0.15, -0.1) is 0 Å². The number of nitrogens with one attached hydrogen (secondary N) is 1. The van der Waals surface area contributed by atoms with E-state index in [1.807, 2.05) is 31.2 Å². The quantitative estimate of drug-likeness (QED) is 0.500. The lowest BCUT2D eigenvalue weighted by atomic mass is 10.1. The molecule has 2 rings (SSSR count). The highest BCUT2D eigenvalue weighted by molar-refractivity contribution is 5.90. The van der Waals surface area contributed by atoms with Crippen molar-refractivity contribution in [3.05, 3.63) is 63.3 Å². The first-order valence-electron chi connectivity index (χ1n) is 7.03. The number of benzene rings is 1. The molecule has 120 valence electrons. The summed E-state index contributed by atoms with van der Waals surface area (Å²) in [6, 6.07) is 9.22. The van der Waals surface area contributed by atoms with Gasteiger partial charge in [0.15, 0.2) is 0 Å². The van der Waals surface area contributed by atoms with E-state index in [-0.39, 0.29) is 17.1 Å². The molecule has 0 fully saturated rings. The minimum atomic E-state index is -0.660. The average molecular weight is 315 g/mol. The predicted molar refractivity (Wildman–Crippen MR) is 85.6 cm³/mol. The SMILES string of the molecule is COC(=O)c1cnc(NCCc2ccc(C)cc2)c([N+](=O)[O-])c1.